The molecule has 12 heavy (non-hydrogen) atoms. The minimum atomic E-state index is 0.583. The van der Waals surface area contributed by atoms with Crippen molar-refractivity contribution in [3.05, 3.63) is 24.3 Å². The van der Waals surface area contributed by atoms with Gasteiger partial charge in [-0.15, -0.1) is 0 Å². The first-order chi connectivity index (χ1) is 5.88. The van der Waals surface area contributed by atoms with Crippen LogP contribution in [0, 0.1) is 0 Å². The fourth-order valence-electron chi connectivity index (χ4n) is 1.32. The van der Waals surface area contributed by atoms with Gasteiger partial charge in [0, 0.05) is 24.5 Å². The monoisotopic (exact) mass is 164 g/mol. The molecule has 66 valence electrons. The van der Waals surface area contributed by atoms with Crippen molar-refractivity contribution in [3.8, 4) is 0 Å². The maximum Gasteiger partial charge on any atom is 0.115 e. The number of fused-ring (bicyclic) bond motifs is 1. The molecule has 1 aromatic heterocycles. The first-order valence-corrected chi connectivity index (χ1v) is 4.57. The molecule has 1 unspecified atom stereocenters. The van der Waals surface area contributed by atoms with Crippen molar-refractivity contribution in [2.75, 3.05) is 0 Å². The third-order valence-corrected chi connectivity index (χ3v) is 1.90. The third-order valence-electron chi connectivity index (χ3n) is 1.90. The molecule has 0 spiro atoms. The molecule has 2 rings (SSSR count). The minimum Gasteiger partial charge on any atom is -0.311 e. The Balaban J connectivity index is 0.000000336. The highest BCUT2D eigenvalue weighted by molar-refractivity contribution is 5.30. The van der Waals surface area contributed by atoms with Crippen LogP contribution in [0.25, 0.3) is 6.20 Å². The zero-order valence-corrected chi connectivity index (χ0v) is 7.99. The molecule has 0 saturated carbocycles. The van der Waals surface area contributed by atoms with Crippen LogP contribution in [0.3, 0.4) is 0 Å². The Bertz CT molecular complexity index is 261. The highest BCUT2D eigenvalue weighted by atomic mass is 15.1. The summed E-state index contributed by atoms with van der Waals surface area (Å²) < 4.78 is 2.08. The first kappa shape index (κ1) is 9.04. The maximum atomic E-state index is 4.25. The lowest BCUT2D eigenvalue weighted by Gasteiger charge is -2.13. The van der Waals surface area contributed by atoms with E-state index in [1.54, 1.807) is 0 Å². The van der Waals surface area contributed by atoms with Gasteiger partial charge in [-0.25, -0.2) is 4.98 Å². The van der Waals surface area contributed by atoms with E-state index < -0.39 is 0 Å². The summed E-state index contributed by atoms with van der Waals surface area (Å²) in [4.78, 5) is 4.25. The van der Waals surface area contributed by atoms with Crippen LogP contribution in [0.4, 0.5) is 0 Å². The lowest BCUT2D eigenvalue weighted by atomic mass is 10.1. The number of imidazole rings is 1. The molecule has 0 radical (unpaired) electrons. The zero-order chi connectivity index (χ0) is 8.97. The topological polar surface area (TPSA) is 17.8 Å². The number of hydrogen-bond donors (Lipinski definition) is 0. The Hall–Kier alpha value is -1.05. The molecule has 1 aliphatic rings. The molecule has 0 aliphatic carbocycles. The van der Waals surface area contributed by atoms with Gasteiger partial charge in [-0.2, -0.15) is 0 Å². The van der Waals surface area contributed by atoms with E-state index in [0.717, 1.165) is 6.42 Å². The second kappa shape index (κ2) is 4.10. The van der Waals surface area contributed by atoms with Crippen LogP contribution in [-0.2, 0) is 0 Å². The van der Waals surface area contributed by atoms with Gasteiger partial charge in [0.05, 0.1) is 0 Å². The summed E-state index contributed by atoms with van der Waals surface area (Å²) in [7, 11) is 0. The Morgan fingerprint density at radius 2 is 2.25 bits per heavy atom. The molecule has 0 bridgehead atoms. The predicted octanol–water partition coefficient (Wildman–Crippen LogP) is 2.89. The summed E-state index contributed by atoms with van der Waals surface area (Å²) in [6, 6.07) is 0. The van der Waals surface area contributed by atoms with Gasteiger partial charge in [-0.05, 0) is 6.42 Å². The molecule has 1 atom stereocenters. The van der Waals surface area contributed by atoms with E-state index in [1.165, 1.54) is 5.82 Å². The fourth-order valence-corrected chi connectivity index (χ4v) is 1.32. The van der Waals surface area contributed by atoms with Gasteiger partial charge in [-0.3, -0.25) is 0 Å². The van der Waals surface area contributed by atoms with Crippen molar-refractivity contribution in [1.82, 2.24) is 9.55 Å². The van der Waals surface area contributed by atoms with Crippen molar-refractivity contribution in [1.29, 1.82) is 0 Å². The molecule has 0 saturated heterocycles. The van der Waals surface area contributed by atoms with Crippen LogP contribution in [0.2, 0.25) is 0 Å². The quantitative estimate of drug-likeness (QED) is 0.576. The summed E-state index contributed by atoms with van der Waals surface area (Å²) in [5.41, 5.74) is 0. The molecule has 2 heteroatoms. The lowest BCUT2D eigenvalue weighted by molar-refractivity contribution is 0.688. The molecule has 2 nitrogen and oxygen atoms in total. The Morgan fingerprint density at radius 3 is 2.92 bits per heavy atom. The number of nitrogens with zero attached hydrogens (tertiary/aromatic N) is 2. The van der Waals surface area contributed by atoms with E-state index in [-0.39, 0.29) is 0 Å². The van der Waals surface area contributed by atoms with Crippen LogP contribution in [0.1, 0.15) is 38.9 Å². The summed E-state index contributed by atoms with van der Waals surface area (Å²) >= 11 is 0. The fraction of sp³-hybridized carbons (Fsp3) is 0.500. The van der Waals surface area contributed by atoms with Gasteiger partial charge in [0.15, 0.2) is 0 Å². The molecule has 0 amide bonds. The molecule has 0 aromatic carbocycles. The number of hydrogen-bond acceptors (Lipinski definition) is 1. The van der Waals surface area contributed by atoms with Gasteiger partial charge >= 0.3 is 0 Å². The average Bonchev–Trinajstić information content (AvgIpc) is 2.57. The normalized spacial score (nSPS) is 19.4. The molecule has 1 aromatic rings. The second-order valence-electron chi connectivity index (χ2n) is 2.71. The Labute approximate surface area is 73.9 Å². The first-order valence-electron chi connectivity index (χ1n) is 4.57. The Morgan fingerprint density at radius 1 is 1.50 bits per heavy atom. The molecular weight excluding hydrogens is 148 g/mol. The minimum absolute atomic E-state index is 0.583. The highest BCUT2D eigenvalue weighted by Gasteiger charge is 2.11. The van der Waals surface area contributed by atoms with E-state index in [4.69, 9.17) is 0 Å². The SMILES string of the molecule is CC.CC1CC=Cn2ccnc21. The smallest absolute Gasteiger partial charge is 0.115 e. The van der Waals surface area contributed by atoms with Crippen molar-refractivity contribution < 1.29 is 0 Å². The van der Waals surface area contributed by atoms with Crippen molar-refractivity contribution in [3.63, 3.8) is 0 Å². The van der Waals surface area contributed by atoms with Crippen LogP contribution < -0.4 is 0 Å². The van der Waals surface area contributed by atoms with E-state index in [2.05, 4.69) is 28.8 Å². The van der Waals surface area contributed by atoms with E-state index in [1.807, 2.05) is 26.2 Å². The maximum absolute atomic E-state index is 4.25. The van der Waals surface area contributed by atoms with Gasteiger partial charge in [0.25, 0.3) is 0 Å². The average molecular weight is 164 g/mol. The van der Waals surface area contributed by atoms with Crippen LogP contribution in [-0.4, -0.2) is 9.55 Å². The molecule has 2 heterocycles. The van der Waals surface area contributed by atoms with Gasteiger partial charge in [0.1, 0.15) is 5.82 Å². The predicted molar refractivity (Wildman–Crippen MR) is 51.9 cm³/mol. The van der Waals surface area contributed by atoms with Gasteiger partial charge < -0.3 is 4.57 Å². The number of allylic oxidation sites excluding steroid dienone is 1. The van der Waals surface area contributed by atoms with Crippen molar-refractivity contribution in [2.24, 2.45) is 0 Å². The molecule has 0 N–H and O–H groups in total. The second-order valence-corrected chi connectivity index (χ2v) is 2.71. The largest absolute Gasteiger partial charge is 0.311 e. The summed E-state index contributed by atoms with van der Waals surface area (Å²) in [6.45, 7) is 6.20. The Kier molecular flexibility index (Phi) is 3.09. The van der Waals surface area contributed by atoms with Crippen LogP contribution in [0.5, 0.6) is 0 Å². The van der Waals surface area contributed by atoms with Crippen LogP contribution >= 0.6 is 0 Å². The van der Waals surface area contributed by atoms with Crippen LogP contribution in [0.15, 0.2) is 18.5 Å². The highest BCUT2D eigenvalue weighted by Crippen LogP contribution is 2.21. The van der Waals surface area contributed by atoms with Crippen molar-refractivity contribution >= 4 is 6.20 Å². The van der Waals surface area contributed by atoms with Gasteiger partial charge in [-0.1, -0.05) is 26.8 Å². The van der Waals surface area contributed by atoms with Gasteiger partial charge in [0.2, 0.25) is 0 Å². The molecule has 1 aliphatic heterocycles. The third kappa shape index (κ3) is 1.58. The van der Waals surface area contributed by atoms with E-state index in [0.29, 0.717) is 5.92 Å². The lowest BCUT2D eigenvalue weighted by Crippen LogP contribution is -2.04. The van der Waals surface area contributed by atoms with Crippen molar-refractivity contribution in [2.45, 2.75) is 33.1 Å². The standard InChI is InChI=1S/C8H10N2.C2H6/c1-7-3-2-5-10-6-4-9-8(7)10;1-2/h2,4-7H,3H2,1H3;1-2H3. The molecule has 0 fully saturated rings. The summed E-state index contributed by atoms with van der Waals surface area (Å²) in [6.07, 6.45) is 9.21. The van der Waals surface area contributed by atoms with E-state index in [9.17, 15) is 0 Å². The number of aromatic nitrogens is 2. The van der Waals surface area contributed by atoms with E-state index >= 15 is 0 Å². The molecular formula is C10H16N2. The summed E-state index contributed by atoms with van der Waals surface area (Å²) in [5.74, 6) is 1.77. The summed E-state index contributed by atoms with van der Waals surface area (Å²) in [5, 5.41) is 0. The zero-order valence-electron chi connectivity index (χ0n) is 7.99. The number of rotatable bonds is 0.